The number of hydrogen-bond donors (Lipinski definition) is 1. The van der Waals surface area contributed by atoms with Crippen molar-refractivity contribution in [1.82, 2.24) is 10.2 Å². The van der Waals surface area contributed by atoms with Crippen molar-refractivity contribution in [3.05, 3.63) is 99.5 Å². The molecule has 0 aliphatic carbocycles. The van der Waals surface area contributed by atoms with E-state index in [1.54, 1.807) is 36.1 Å². The van der Waals surface area contributed by atoms with Crippen LogP contribution in [0, 0.1) is 6.92 Å². The fourth-order valence-corrected chi connectivity index (χ4v) is 5.96. The van der Waals surface area contributed by atoms with Gasteiger partial charge in [0.25, 0.3) is 0 Å². The van der Waals surface area contributed by atoms with Crippen LogP contribution in [0.25, 0.3) is 0 Å². The summed E-state index contributed by atoms with van der Waals surface area (Å²) in [5.74, 6) is -0.516. The lowest BCUT2D eigenvalue weighted by Crippen LogP contribution is -2.50. The van der Waals surface area contributed by atoms with Crippen molar-refractivity contribution in [2.45, 2.75) is 52.1 Å². The molecule has 0 aliphatic rings. The SMILES string of the molecule is CCCNC(=O)[C@@H](Cc1ccccc1)N(Cc1ccccc1Cl)C(=O)CCCN(c1cccc(Cl)c1C)S(C)(=O)=O. The molecule has 3 rings (SSSR count). The maximum atomic E-state index is 13.9. The second-order valence-corrected chi connectivity index (χ2v) is 12.7. The number of amides is 2. The molecule has 1 atom stereocenters. The molecular formula is C31H37Cl2N3O4S. The molecule has 0 heterocycles. The lowest BCUT2D eigenvalue weighted by atomic mass is 10.0. The second-order valence-electron chi connectivity index (χ2n) is 9.93. The van der Waals surface area contributed by atoms with E-state index in [2.05, 4.69) is 5.32 Å². The van der Waals surface area contributed by atoms with Gasteiger partial charge in [0.1, 0.15) is 6.04 Å². The Hall–Kier alpha value is -3.07. The van der Waals surface area contributed by atoms with Gasteiger partial charge in [0, 0.05) is 42.5 Å². The molecule has 0 saturated heterocycles. The maximum absolute atomic E-state index is 13.9. The number of benzene rings is 3. The third-order valence-corrected chi connectivity index (χ3v) is 8.74. The summed E-state index contributed by atoms with van der Waals surface area (Å²) in [5, 5.41) is 3.91. The molecule has 0 aliphatic heterocycles. The largest absolute Gasteiger partial charge is 0.354 e. The molecule has 0 aromatic heterocycles. The summed E-state index contributed by atoms with van der Waals surface area (Å²) in [6.45, 7) is 4.43. The van der Waals surface area contributed by atoms with Crippen molar-refractivity contribution in [1.29, 1.82) is 0 Å². The Kier molecular flexibility index (Phi) is 12.1. The molecule has 0 spiro atoms. The van der Waals surface area contributed by atoms with Crippen LogP contribution in [-0.4, -0.2) is 50.5 Å². The summed E-state index contributed by atoms with van der Waals surface area (Å²) in [6, 6.07) is 21.1. The molecule has 3 aromatic rings. The fraction of sp³-hybridized carbons (Fsp3) is 0.355. The molecule has 7 nitrogen and oxygen atoms in total. The molecule has 3 aromatic carbocycles. The van der Waals surface area contributed by atoms with E-state index < -0.39 is 16.1 Å². The van der Waals surface area contributed by atoms with Crippen molar-refractivity contribution in [3.63, 3.8) is 0 Å². The van der Waals surface area contributed by atoms with Crippen LogP contribution < -0.4 is 9.62 Å². The molecule has 220 valence electrons. The van der Waals surface area contributed by atoms with Crippen LogP contribution in [0.1, 0.15) is 42.9 Å². The number of hydrogen-bond acceptors (Lipinski definition) is 4. The van der Waals surface area contributed by atoms with E-state index >= 15 is 0 Å². The predicted molar refractivity (Wildman–Crippen MR) is 167 cm³/mol. The first-order chi connectivity index (χ1) is 19.5. The van der Waals surface area contributed by atoms with Gasteiger partial charge in [0.05, 0.1) is 11.9 Å². The van der Waals surface area contributed by atoms with Crippen LogP contribution in [0.5, 0.6) is 0 Å². The van der Waals surface area contributed by atoms with Crippen LogP contribution in [0.2, 0.25) is 10.0 Å². The van der Waals surface area contributed by atoms with Gasteiger partial charge in [0.2, 0.25) is 21.8 Å². The summed E-state index contributed by atoms with van der Waals surface area (Å²) in [6.07, 6.45) is 2.48. The molecule has 0 radical (unpaired) electrons. The smallest absolute Gasteiger partial charge is 0.243 e. The fourth-order valence-electron chi connectivity index (χ4n) is 4.58. The minimum absolute atomic E-state index is 0.0302. The molecule has 0 unspecified atom stereocenters. The van der Waals surface area contributed by atoms with Crippen LogP contribution in [-0.2, 0) is 32.6 Å². The minimum atomic E-state index is -3.64. The van der Waals surface area contributed by atoms with Crippen molar-refractivity contribution in [2.75, 3.05) is 23.7 Å². The molecule has 10 heteroatoms. The summed E-state index contributed by atoms with van der Waals surface area (Å²) in [7, 11) is -3.64. The van der Waals surface area contributed by atoms with Gasteiger partial charge in [-0.3, -0.25) is 13.9 Å². The quantitative estimate of drug-likeness (QED) is 0.240. The highest BCUT2D eigenvalue weighted by molar-refractivity contribution is 7.92. The summed E-state index contributed by atoms with van der Waals surface area (Å²) in [4.78, 5) is 28.9. The maximum Gasteiger partial charge on any atom is 0.243 e. The number of halogens is 2. The van der Waals surface area contributed by atoms with Gasteiger partial charge < -0.3 is 10.2 Å². The number of anilines is 1. The predicted octanol–water partition coefficient (Wildman–Crippen LogP) is 6.01. The third kappa shape index (κ3) is 9.21. The molecule has 1 N–H and O–H groups in total. The molecule has 0 fully saturated rings. The first-order valence-corrected chi connectivity index (χ1v) is 16.2. The minimum Gasteiger partial charge on any atom is -0.354 e. The number of rotatable bonds is 14. The average Bonchev–Trinajstić information content (AvgIpc) is 2.94. The average molecular weight is 619 g/mol. The zero-order valence-corrected chi connectivity index (χ0v) is 26.0. The summed E-state index contributed by atoms with van der Waals surface area (Å²) < 4.78 is 26.7. The Morgan fingerprint density at radius 2 is 1.59 bits per heavy atom. The van der Waals surface area contributed by atoms with E-state index in [4.69, 9.17) is 23.2 Å². The third-order valence-electron chi connectivity index (χ3n) is 6.78. The first kappa shape index (κ1) is 32.4. The van der Waals surface area contributed by atoms with Crippen LogP contribution >= 0.6 is 23.2 Å². The zero-order valence-electron chi connectivity index (χ0n) is 23.6. The van der Waals surface area contributed by atoms with Crippen LogP contribution in [0.15, 0.2) is 72.8 Å². The standard InChI is InChI=1S/C31H37Cl2N3O4S/c1-4-19-34-31(38)29(21-24-12-6-5-7-13-24)35(22-25-14-8-9-15-27(25)33)30(37)18-11-20-36(41(3,39)40)28-17-10-16-26(32)23(28)2/h5-10,12-17,29H,4,11,18-22H2,1-3H3,(H,34,38)/t29-/m1/s1. The van der Waals surface area contributed by atoms with Crippen LogP contribution in [0.3, 0.4) is 0 Å². The number of carbonyl (C=O) groups excluding carboxylic acids is 2. The number of sulfonamides is 1. The lowest BCUT2D eigenvalue weighted by Gasteiger charge is -2.32. The van der Waals surface area contributed by atoms with E-state index in [-0.39, 0.29) is 37.7 Å². The zero-order chi connectivity index (χ0) is 30.0. The van der Waals surface area contributed by atoms with Crippen molar-refractivity contribution >= 4 is 50.7 Å². The normalized spacial score (nSPS) is 12.0. The van der Waals surface area contributed by atoms with Gasteiger partial charge in [-0.2, -0.15) is 0 Å². The molecule has 0 saturated carbocycles. The van der Waals surface area contributed by atoms with E-state index in [0.29, 0.717) is 34.3 Å². The monoisotopic (exact) mass is 617 g/mol. The van der Waals surface area contributed by atoms with Gasteiger partial charge >= 0.3 is 0 Å². The van der Waals surface area contributed by atoms with Gasteiger partial charge in [-0.25, -0.2) is 8.42 Å². The van der Waals surface area contributed by atoms with E-state index in [0.717, 1.165) is 23.8 Å². The van der Waals surface area contributed by atoms with Crippen LogP contribution in [0.4, 0.5) is 5.69 Å². The Labute approximate surface area is 253 Å². The van der Waals surface area contributed by atoms with Crippen molar-refractivity contribution < 1.29 is 18.0 Å². The Morgan fingerprint density at radius 1 is 0.927 bits per heavy atom. The van der Waals surface area contributed by atoms with Gasteiger partial charge in [-0.15, -0.1) is 0 Å². The topological polar surface area (TPSA) is 86.8 Å². The molecular weight excluding hydrogens is 581 g/mol. The van der Waals surface area contributed by atoms with E-state index in [1.165, 1.54) is 4.31 Å². The van der Waals surface area contributed by atoms with Gasteiger partial charge in [-0.1, -0.05) is 84.7 Å². The summed E-state index contributed by atoms with van der Waals surface area (Å²) >= 11 is 12.7. The highest BCUT2D eigenvalue weighted by atomic mass is 35.5. The number of carbonyl (C=O) groups is 2. The highest BCUT2D eigenvalue weighted by Gasteiger charge is 2.31. The first-order valence-electron chi connectivity index (χ1n) is 13.6. The summed E-state index contributed by atoms with van der Waals surface area (Å²) in [5.41, 5.74) is 2.75. The Balaban J connectivity index is 1.90. The molecule has 0 bridgehead atoms. The Morgan fingerprint density at radius 3 is 2.24 bits per heavy atom. The number of nitrogens with zero attached hydrogens (tertiary/aromatic N) is 2. The number of nitrogens with one attached hydrogen (secondary N) is 1. The van der Waals surface area contributed by atoms with Gasteiger partial charge in [0.15, 0.2) is 0 Å². The molecule has 41 heavy (non-hydrogen) atoms. The molecule has 2 amide bonds. The lowest BCUT2D eigenvalue weighted by molar-refractivity contribution is -0.141. The van der Waals surface area contributed by atoms with E-state index in [9.17, 15) is 18.0 Å². The van der Waals surface area contributed by atoms with E-state index in [1.807, 2.05) is 55.5 Å². The highest BCUT2D eigenvalue weighted by Crippen LogP contribution is 2.29. The van der Waals surface area contributed by atoms with Crippen molar-refractivity contribution in [2.24, 2.45) is 0 Å². The Bertz CT molecular complexity index is 1430. The second kappa shape index (κ2) is 15.2. The van der Waals surface area contributed by atoms with Crippen molar-refractivity contribution in [3.8, 4) is 0 Å². The van der Waals surface area contributed by atoms with Gasteiger partial charge in [-0.05, 0) is 54.7 Å².